The lowest BCUT2D eigenvalue weighted by molar-refractivity contribution is -0.138. The third-order valence-electron chi connectivity index (χ3n) is 8.69. The molecule has 1 amide bonds. The number of nitrogens with zero attached hydrogens (tertiary/aromatic N) is 7. The van der Waals surface area contributed by atoms with E-state index in [2.05, 4.69) is 43.8 Å². The molecule has 2 aromatic heterocycles. The van der Waals surface area contributed by atoms with Crippen molar-refractivity contribution in [2.75, 3.05) is 68.0 Å². The lowest BCUT2D eigenvalue weighted by Gasteiger charge is -2.39. The number of alkyl halides is 3. The Bertz CT molecular complexity index is 1600. The van der Waals surface area contributed by atoms with Gasteiger partial charge in [0.2, 0.25) is 5.95 Å². The Hall–Kier alpha value is -4.04. The smallest absolute Gasteiger partial charge is 0.367 e. The van der Waals surface area contributed by atoms with Crippen LogP contribution in [0.3, 0.4) is 0 Å². The lowest BCUT2D eigenvalue weighted by atomic mass is 10.0. The first-order chi connectivity index (χ1) is 21.2. The summed E-state index contributed by atoms with van der Waals surface area (Å²) in [6.45, 7) is 11.3. The highest BCUT2D eigenvalue weighted by Crippen LogP contribution is 2.37. The van der Waals surface area contributed by atoms with Crippen molar-refractivity contribution in [1.82, 2.24) is 24.3 Å². The molecule has 1 N–H and O–H groups in total. The van der Waals surface area contributed by atoms with Gasteiger partial charge in [0.15, 0.2) is 0 Å². The van der Waals surface area contributed by atoms with Crippen molar-refractivity contribution < 1.29 is 22.4 Å². The molecule has 10 nitrogen and oxygen atoms in total. The fourth-order valence-corrected chi connectivity index (χ4v) is 5.71. The van der Waals surface area contributed by atoms with Gasteiger partial charge >= 0.3 is 6.18 Å². The number of likely N-dealkylation sites (N-methyl/N-ethyl adjacent to an activating group) is 1. The molecule has 5 rings (SSSR count). The van der Waals surface area contributed by atoms with Crippen molar-refractivity contribution in [3.63, 3.8) is 0 Å². The summed E-state index contributed by atoms with van der Waals surface area (Å²) in [6.07, 6.45) is -1.07. The number of hydrogen-bond donors (Lipinski definition) is 1. The molecule has 1 atom stereocenters. The van der Waals surface area contributed by atoms with Crippen molar-refractivity contribution in [3.8, 4) is 11.1 Å². The van der Waals surface area contributed by atoms with Gasteiger partial charge in [-0.25, -0.2) is 14.4 Å². The van der Waals surface area contributed by atoms with Crippen LogP contribution in [0.25, 0.3) is 11.1 Å². The van der Waals surface area contributed by atoms with Crippen LogP contribution in [0.2, 0.25) is 0 Å². The largest absolute Gasteiger partial charge is 0.417 e. The molecule has 4 heterocycles. The van der Waals surface area contributed by atoms with Gasteiger partial charge in [-0.2, -0.15) is 13.2 Å². The average Bonchev–Trinajstić information content (AvgIpc) is 3.00. The summed E-state index contributed by atoms with van der Waals surface area (Å²) in [7, 11) is 3.24. The van der Waals surface area contributed by atoms with Gasteiger partial charge in [0, 0.05) is 101 Å². The summed E-state index contributed by atoms with van der Waals surface area (Å²) in [5.41, 5.74) is -2.07. The second-order valence-electron chi connectivity index (χ2n) is 12.0. The number of piperazine rings is 2. The van der Waals surface area contributed by atoms with Crippen LogP contribution in [0.5, 0.6) is 0 Å². The Morgan fingerprint density at radius 3 is 2.22 bits per heavy atom. The molecule has 2 aliphatic heterocycles. The van der Waals surface area contributed by atoms with Crippen LogP contribution in [0, 0.1) is 5.82 Å². The third-order valence-corrected chi connectivity index (χ3v) is 8.69. The van der Waals surface area contributed by atoms with Crippen LogP contribution in [0.15, 0.2) is 41.6 Å². The van der Waals surface area contributed by atoms with Gasteiger partial charge in [0.1, 0.15) is 5.82 Å². The van der Waals surface area contributed by atoms with Crippen LogP contribution < -0.4 is 20.7 Å². The molecule has 0 radical (unpaired) electrons. The molecule has 14 heteroatoms. The van der Waals surface area contributed by atoms with E-state index in [0.29, 0.717) is 48.9 Å². The number of nitrogens with one attached hydrogen (secondary N) is 1. The van der Waals surface area contributed by atoms with E-state index < -0.39 is 34.6 Å². The number of pyridine rings is 1. The Labute approximate surface area is 259 Å². The van der Waals surface area contributed by atoms with E-state index in [-0.39, 0.29) is 17.3 Å². The van der Waals surface area contributed by atoms with Gasteiger partial charge in [-0.15, -0.1) is 0 Å². The van der Waals surface area contributed by atoms with Crippen LogP contribution in [0.4, 0.5) is 34.9 Å². The number of aromatic nitrogens is 3. The minimum atomic E-state index is -4.94. The quantitative estimate of drug-likeness (QED) is 0.410. The number of amides is 1. The number of hydrogen-bond acceptors (Lipinski definition) is 8. The van der Waals surface area contributed by atoms with Gasteiger partial charge in [-0.05, 0) is 40.0 Å². The third kappa shape index (κ3) is 6.96. The first kappa shape index (κ1) is 32.4. The van der Waals surface area contributed by atoms with E-state index in [1.165, 1.54) is 31.6 Å². The summed E-state index contributed by atoms with van der Waals surface area (Å²) >= 11 is 0. The van der Waals surface area contributed by atoms with Gasteiger partial charge in [0.05, 0.1) is 22.5 Å². The minimum Gasteiger partial charge on any atom is -0.367 e. The number of carbonyl (C=O) groups excluding carboxylic acids is 1. The predicted octanol–water partition coefficient (Wildman–Crippen LogP) is 3.92. The van der Waals surface area contributed by atoms with Gasteiger partial charge in [-0.1, -0.05) is 0 Å². The molecule has 1 aromatic carbocycles. The topological polar surface area (TPSA) is 89.8 Å². The Kier molecular flexibility index (Phi) is 9.17. The van der Waals surface area contributed by atoms with E-state index in [9.17, 15) is 22.8 Å². The van der Waals surface area contributed by atoms with Gasteiger partial charge in [-0.3, -0.25) is 14.5 Å². The molecule has 242 valence electrons. The molecular formula is C31H38F4N8O2. The van der Waals surface area contributed by atoms with Gasteiger partial charge < -0.3 is 24.6 Å². The Morgan fingerprint density at radius 2 is 1.62 bits per heavy atom. The fourth-order valence-electron chi connectivity index (χ4n) is 5.71. The van der Waals surface area contributed by atoms with Crippen LogP contribution in [-0.2, 0) is 13.2 Å². The maximum Gasteiger partial charge on any atom is 0.417 e. The molecule has 2 saturated heterocycles. The molecule has 45 heavy (non-hydrogen) atoms. The summed E-state index contributed by atoms with van der Waals surface area (Å²) in [5, 5.41) is 2.59. The van der Waals surface area contributed by atoms with Crippen molar-refractivity contribution >= 4 is 23.2 Å². The Balaban J connectivity index is 1.50. The standard InChI is InChI=1S/C31H38F4N8O2/c1-19(2)41-8-10-42(11-9-41)30-36-15-21(16-37-30)22-12-26(27(14-25(22)32)43-7-6-39(4)20(3)17-43)38-29(45)23-18-40(5)28(44)13-24(23)31(33,34)35/h12-16,18-20H,6-11,17H2,1-5H3,(H,38,45). The SMILES string of the molecule is CC1CN(c2cc(F)c(-c3cnc(N4CCN(C(C)C)CC4)nc3)cc2NC(=O)c2cn(C)c(=O)cc2C(F)(F)F)CCN1C. The zero-order valence-corrected chi connectivity index (χ0v) is 26.0. The summed E-state index contributed by atoms with van der Waals surface area (Å²) in [6, 6.07) is 3.64. The predicted molar refractivity (Wildman–Crippen MR) is 165 cm³/mol. The first-order valence-electron chi connectivity index (χ1n) is 14.9. The maximum atomic E-state index is 15.8. The van der Waals surface area contributed by atoms with Gasteiger partial charge in [0.25, 0.3) is 11.5 Å². The number of rotatable bonds is 6. The van der Waals surface area contributed by atoms with Crippen LogP contribution in [0.1, 0.15) is 36.7 Å². The van der Waals surface area contributed by atoms with E-state index in [4.69, 9.17) is 0 Å². The molecule has 1 unspecified atom stereocenters. The summed E-state index contributed by atoms with van der Waals surface area (Å²) in [4.78, 5) is 42.9. The maximum absolute atomic E-state index is 15.8. The van der Waals surface area contributed by atoms with Crippen molar-refractivity contribution in [3.05, 3.63) is 64.1 Å². The average molecular weight is 631 g/mol. The minimum absolute atomic E-state index is 0.0870. The number of aryl methyl sites for hydroxylation is 1. The van der Waals surface area contributed by atoms with E-state index in [1.807, 2.05) is 18.9 Å². The second kappa shape index (κ2) is 12.8. The highest BCUT2D eigenvalue weighted by molar-refractivity contribution is 6.07. The first-order valence-corrected chi connectivity index (χ1v) is 14.9. The monoisotopic (exact) mass is 630 g/mol. The lowest BCUT2D eigenvalue weighted by Crippen LogP contribution is -2.50. The molecule has 0 saturated carbocycles. The highest BCUT2D eigenvalue weighted by atomic mass is 19.4. The molecule has 0 bridgehead atoms. The molecule has 3 aromatic rings. The second-order valence-corrected chi connectivity index (χ2v) is 12.0. The normalized spacial score (nSPS) is 18.5. The van der Waals surface area contributed by atoms with E-state index in [1.54, 1.807) is 0 Å². The molecule has 0 spiro atoms. The highest BCUT2D eigenvalue weighted by Gasteiger charge is 2.36. The van der Waals surface area contributed by atoms with Crippen LogP contribution in [-0.4, -0.2) is 95.2 Å². The van der Waals surface area contributed by atoms with Crippen LogP contribution >= 0.6 is 0 Å². The Morgan fingerprint density at radius 1 is 0.978 bits per heavy atom. The zero-order chi connectivity index (χ0) is 32.6. The summed E-state index contributed by atoms with van der Waals surface area (Å²) in [5.74, 6) is -1.14. The molecule has 2 fully saturated rings. The zero-order valence-electron chi connectivity index (χ0n) is 26.0. The number of carbonyl (C=O) groups is 1. The molecule has 0 aliphatic carbocycles. The van der Waals surface area contributed by atoms with Crippen molar-refractivity contribution in [2.45, 2.75) is 39.0 Å². The number of halogens is 4. The summed E-state index contributed by atoms with van der Waals surface area (Å²) < 4.78 is 58.3. The number of benzene rings is 1. The number of anilines is 3. The van der Waals surface area contributed by atoms with Crippen molar-refractivity contribution in [1.29, 1.82) is 0 Å². The van der Waals surface area contributed by atoms with E-state index in [0.717, 1.165) is 36.9 Å². The molecular weight excluding hydrogens is 592 g/mol. The molecule has 2 aliphatic rings. The fraction of sp³-hybridized carbons (Fsp3) is 0.484. The van der Waals surface area contributed by atoms with E-state index >= 15 is 4.39 Å². The van der Waals surface area contributed by atoms with Crippen molar-refractivity contribution in [2.24, 2.45) is 7.05 Å².